The Bertz CT molecular complexity index is 996. The minimum atomic E-state index is -0.519. The molecule has 0 bridgehead atoms. The number of ether oxygens (including phenoxy) is 2. The number of H-pyrrole nitrogens is 2. The van der Waals surface area contributed by atoms with E-state index in [9.17, 15) is 9.18 Å². The number of halogens is 1. The van der Waals surface area contributed by atoms with E-state index in [0.29, 0.717) is 27.3 Å². The van der Waals surface area contributed by atoms with Gasteiger partial charge in [-0.3, -0.25) is 4.79 Å². The summed E-state index contributed by atoms with van der Waals surface area (Å²) in [5, 5.41) is 2.76. The van der Waals surface area contributed by atoms with Gasteiger partial charge in [-0.05, 0) is 42.0 Å². The Morgan fingerprint density at radius 3 is 2.64 bits per heavy atom. The summed E-state index contributed by atoms with van der Waals surface area (Å²) < 4.78 is 24.5. The van der Waals surface area contributed by atoms with Crippen LogP contribution < -0.4 is 14.8 Å². The van der Waals surface area contributed by atoms with E-state index < -0.39 is 11.7 Å². The minimum absolute atomic E-state index is 0.183. The van der Waals surface area contributed by atoms with Crippen LogP contribution in [-0.2, 0) is 6.54 Å². The van der Waals surface area contributed by atoms with E-state index >= 15 is 0 Å². The van der Waals surface area contributed by atoms with Crippen molar-refractivity contribution >= 4 is 29.2 Å². The first-order valence-electron chi connectivity index (χ1n) is 7.42. The van der Waals surface area contributed by atoms with E-state index in [1.165, 1.54) is 19.2 Å². The average Bonchev–Trinajstić information content (AvgIpc) is 2.98. The molecule has 1 heterocycles. The summed E-state index contributed by atoms with van der Waals surface area (Å²) in [5.41, 5.74) is 1.92. The highest BCUT2D eigenvalue weighted by Crippen LogP contribution is 2.27. The zero-order valence-corrected chi connectivity index (χ0v) is 14.4. The van der Waals surface area contributed by atoms with Crippen LogP contribution in [0.5, 0.6) is 11.5 Å². The molecule has 0 unspecified atom stereocenters. The second kappa shape index (κ2) is 6.94. The van der Waals surface area contributed by atoms with E-state index in [4.69, 9.17) is 21.7 Å². The molecule has 0 saturated carbocycles. The SMILES string of the molecule is COc1ccc(CNC(=O)c2cc(F)cc3[nH]c(=S)[nH]c23)cc1OC. The molecule has 25 heavy (non-hydrogen) atoms. The molecule has 0 saturated heterocycles. The monoisotopic (exact) mass is 361 g/mol. The van der Waals surface area contributed by atoms with Gasteiger partial charge in [-0.1, -0.05) is 6.07 Å². The van der Waals surface area contributed by atoms with Gasteiger partial charge in [-0.25, -0.2) is 4.39 Å². The lowest BCUT2D eigenvalue weighted by molar-refractivity contribution is 0.0952. The summed E-state index contributed by atoms with van der Waals surface area (Å²) in [7, 11) is 3.09. The first-order valence-corrected chi connectivity index (χ1v) is 7.83. The molecule has 0 aliphatic rings. The predicted molar refractivity (Wildman–Crippen MR) is 94.2 cm³/mol. The molecule has 130 valence electrons. The Morgan fingerprint density at radius 2 is 1.92 bits per heavy atom. The van der Waals surface area contributed by atoms with Gasteiger partial charge < -0.3 is 24.8 Å². The Hall–Kier alpha value is -2.87. The van der Waals surface area contributed by atoms with Gasteiger partial charge in [0.15, 0.2) is 16.3 Å². The third-order valence-corrected chi connectivity index (χ3v) is 3.94. The number of aromatic nitrogens is 2. The fourth-order valence-electron chi connectivity index (χ4n) is 2.55. The molecule has 1 aromatic heterocycles. The zero-order chi connectivity index (χ0) is 18.0. The molecule has 6 nitrogen and oxygen atoms in total. The smallest absolute Gasteiger partial charge is 0.253 e. The minimum Gasteiger partial charge on any atom is -0.493 e. The molecule has 1 amide bonds. The summed E-state index contributed by atoms with van der Waals surface area (Å²) in [6.45, 7) is 0.252. The third-order valence-electron chi connectivity index (χ3n) is 3.74. The molecule has 2 aromatic carbocycles. The Balaban J connectivity index is 1.83. The van der Waals surface area contributed by atoms with E-state index in [1.807, 2.05) is 6.07 Å². The van der Waals surface area contributed by atoms with Crippen LogP contribution in [0.1, 0.15) is 15.9 Å². The largest absolute Gasteiger partial charge is 0.493 e. The quantitative estimate of drug-likeness (QED) is 0.609. The van der Waals surface area contributed by atoms with E-state index in [1.54, 1.807) is 19.2 Å². The number of carbonyl (C=O) groups is 1. The van der Waals surface area contributed by atoms with Crippen molar-refractivity contribution in [2.24, 2.45) is 0 Å². The normalized spacial score (nSPS) is 10.7. The summed E-state index contributed by atoms with van der Waals surface area (Å²) in [6, 6.07) is 7.79. The number of carbonyl (C=O) groups excluding carboxylic acids is 1. The summed E-state index contributed by atoms with van der Waals surface area (Å²) >= 11 is 5.00. The maximum Gasteiger partial charge on any atom is 0.253 e. The van der Waals surface area contributed by atoms with Gasteiger partial charge in [0.05, 0.1) is 30.8 Å². The molecule has 0 spiro atoms. The van der Waals surface area contributed by atoms with E-state index in [-0.39, 0.29) is 12.1 Å². The second-order valence-corrected chi connectivity index (χ2v) is 5.74. The predicted octanol–water partition coefficient (Wildman–Crippen LogP) is 3.31. The maximum absolute atomic E-state index is 13.7. The van der Waals surface area contributed by atoms with Crippen molar-refractivity contribution in [3.63, 3.8) is 0 Å². The number of benzene rings is 2. The standard InChI is InChI=1S/C17H16FN3O3S/c1-23-13-4-3-9(5-14(13)24-2)8-19-16(22)11-6-10(18)7-12-15(11)21-17(25)20-12/h3-7H,8H2,1-2H3,(H,19,22)(H2,20,21,25). The van der Waals surface area contributed by atoms with Gasteiger partial charge in [-0.2, -0.15) is 0 Å². The van der Waals surface area contributed by atoms with Crippen LogP contribution in [-0.4, -0.2) is 30.1 Å². The average molecular weight is 361 g/mol. The van der Waals surface area contributed by atoms with Crippen LogP contribution in [0.15, 0.2) is 30.3 Å². The molecule has 0 aliphatic heterocycles. The van der Waals surface area contributed by atoms with Gasteiger partial charge in [0.1, 0.15) is 5.82 Å². The Labute approximate surface area is 148 Å². The molecule has 0 atom stereocenters. The molecule has 0 fully saturated rings. The number of methoxy groups -OCH3 is 2. The summed E-state index contributed by atoms with van der Waals surface area (Å²) in [5.74, 6) is 0.236. The number of imidazole rings is 1. The van der Waals surface area contributed by atoms with Crippen LogP contribution in [0.3, 0.4) is 0 Å². The van der Waals surface area contributed by atoms with Gasteiger partial charge in [-0.15, -0.1) is 0 Å². The van der Waals surface area contributed by atoms with Crippen LogP contribution in [0.4, 0.5) is 4.39 Å². The number of aromatic amines is 2. The van der Waals surface area contributed by atoms with Crippen molar-refractivity contribution in [2.75, 3.05) is 14.2 Å². The van der Waals surface area contributed by atoms with Gasteiger partial charge in [0, 0.05) is 6.54 Å². The lowest BCUT2D eigenvalue weighted by atomic mass is 10.1. The van der Waals surface area contributed by atoms with Crippen molar-refractivity contribution in [3.8, 4) is 11.5 Å². The first kappa shape index (κ1) is 17.0. The summed E-state index contributed by atoms with van der Waals surface area (Å²) in [6.07, 6.45) is 0. The van der Waals surface area contributed by atoms with Crippen molar-refractivity contribution in [1.29, 1.82) is 0 Å². The van der Waals surface area contributed by atoms with E-state index in [0.717, 1.165) is 5.56 Å². The van der Waals surface area contributed by atoms with Crippen LogP contribution in [0.2, 0.25) is 0 Å². The Kier molecular flexibility index (Phi) is 4.71. The molecule has 3 aromatic rings. The highest BCUT2D eigenvalue weighted by molar-refractivity contribution is 7.71. The van der Waals surface area contributed by atoms with E-state index in [2.05, 4.69) is 15.3 Å². The molecular weight excluding hydrogens is 345 g/mol. The highest BCUT2D eigenvalue weighted by atomic mass is 32.1. The lowest BCUT2D eigenvalue weighted by Crippen LogP contribution is -2.23. The molecule has 3 rings (SSSR count). The van der Waals surface area contributed by atoms with Gasteiger partial charge in [0.25, 0.3) is 5.91 Å². The topological polar surface area (TPSA) is 79.1 Å². The van der Waals surface area contributed by atoms with Crippen molar-refractivity contribution in [1.82, 2.24) is 15.3 Å². The Morgan fingerprint density at radius 1 is 1.16 bits per heavy atom. The molecular formula is C17H16FN3O3S. The molecule has 0 radical (unpaired) electrons. The van der Waals surface area contributed by atoms with Crippen molar-refractivity contribution in [2.45, 2.75) is 6.54 Å². The van der Waals surface area contributed by atoms with Crippen LogP contribution >= 0.6 is 12.2 Å². The fraction of sp³-hybridized carbons (Fsp3) is 0.176. The molecule has 0 aliphatic carbocycles. The molecule has 8 heteroatoms. The number of amides is 1. The maximum atomic E-state index is 13.7. The van der Waals surface area contributed by atoms with Crippen molar-refractivity contribution < 1.29 is 18.7 Å². The number of rotatable bonds is 5. The molecule has 3 N–H and O–H groups in total. The first-order chi connectivity index (χ1) is 12.0. The number of fused-ring (bicyclic) bond motifs is 1. The fourth-order valence-corrected chi connectivity index (χ4v) is 2.77. The van der Waals surface area contributed by atoms with Crippen LogP contribution in [0, 0.1) is 10.6 Å². The number of hydrogen-bond donors (Lipinski definition) is 3. The zero-order valence-electron chi connectivity index (χ0n) is 13.6. The summed E-state index contributed by atoms with van der Waals surface area (Å²) in [4.78, 5) is 18.1. The number of nitrogens with one attached hydrogen (secondary N) is 3. The lowest BCUT2D eigenvalue weighted by Gasteiger charge is -2.10. The van der Waals surface area contributed by atoms with Gasteiger partial charge >= 0.3 is 0 Å². The van der Waals surface area contributed by atoms with Crippen LogP contribution in [0.25, 0.3) is 11.0 Å². The second-order valence-electron chi connectivity index (χ2n) is 5.33. The van der Waals surface area contributed by atoms with Crippen molar-refractivity contribution in [3.05, 3.63) is 52.0 Å². The highest BCUT2D eigenvalue weighted by Gasteiger charge is 2.14. The number of hydrogen-bond acceptors (Lipinski definition) is 4. The van der Waals surface area contributed by atoms with Gasteiger partial charge in [0.2, 0.25) is 0 Å². The third kappa shape index (κ3) is 3.48.